The van der Waals surface area contributed by atoms with Gasteiger partial charge in [-0.15, -0.1) is 0 Å². The molecule has 162 valence electrons. The summed E-state index contributed by atoms with van der Waals surface area (Å²) in [5.41, 5.74) is 5.05. The minimum absolute atomic E-state index is 0.189. The van der Waals surface area contributed by atoms with Gasteiger partial charge in [-0.3, -0.25) is 9.69 Å². The van der Waals surface area contributed by atoms with Gasteiger partial charge < -0.3 is 14.8 Å². The lowest BCUT2D eigenvalue weighted by atomic mass is 10.1. The molecule has 0 unspecified atom stereocenters. The third kappa shape index (κ3) is 4.36. The molecule has 32 heavy (non-hydrogen) atoms. The number of nitrogens with zero attached hydrogens (tertiary/aromatic N) is 1. The van der Waals surface area contributed by atoms with Crippen LogP contribution in [0.2, 0.25) is 0 Å². The normalized spacial score (nSPS) is 14.6. The number of carbonyl (C=O) groups is 1. The fraction of sp³-hybridized carbons (Fsp3) is 0.154. The Bertz CT molecular complexity index is 1180. The van der Waals surface area contributed by atoms with Crippen LogP contribution in [-0.4, -0.2) is 18.1 Å². The summed E-state index contributed by atoms with van der Waals surface area (Å²) < 4.78 is 11.6. The van der Waals surface area contributed by atoms with Crippen LogP contribution in [-0.2, 0) is 11.4 Å². The minimum atomic E-state index is -0.189. The molecular weight excluding hydrogens is 420 g/mol. The number of amides is 1. The van der Waals surface area contributed by atoms with Gasteiger partial charge in [0, 0.05) is 5.56 Å². The number of para-hydroxylation sites is 2. The van der Waals surface area contributed by atoms with Crippen molar-refractivity contribution in [3.63, 3.8) is 0 Å². The SMILES string of the molecule is COc1ccc(/C=C2/NC(=S)N(c3ccccc3)C2=O)cc1COc1c(C)cccc1C. The molecule has 3 aromatic rings. The van der Waals surface area contributed by atoms with Gasteiger partial charge >= 0.3 is 0 Å². The van der Waals surface area contributed by atoms with Crippen molar-refractivity contribution < 1.29 is 14.3 Å². The number of anilines is 1. The van der Waals surface area contributed by atoms with E-state index in [9.17, 15) is 4.79 Å². The Morgan fingerprint density at radius 1 is 1.00 bits per heavy atom. The van der Waals surface area contributed by atoms with Crippen LogP contribution in [0.5, 0.6) is 11.5 Å². The fourth-order valence-electron chi connectivity index (χ4n) is 3.69. The average Bonchev–Trinajstić information content (AvgIpc) is 3.07. The summed E-state index contributed by atoms with van der Waals surface area (Å²) in [7, 11) is 1.63. The van der Waals surface area contributed by atoms with Crippen LogP contribution in [0, 0.1) is 13.8 Å². The highest BCUT2D eigenvalue weighted by Gasteiger charge is 2.31. The molecule has 1 heterocycles. The van der Waals surface area contributed by atoms with Crippen LogP contribution in [0.1, 0.15) is 22.3 Å². The molecule has 1 saturated heterocycles. The molecule has 1 fully saturated rings. The first-order valence-corrected chi connectivity index (χ1v) is 10.7. The van der Waals surface area contributed by atoms with Gasteiger partial charge in [0.05, 0.1) is 12.8 Å². The van der Waals surface area contributed by atoms with Crippen molar-refractivity contribution in [2.24, 2.45) is 0 Å². The highest BCUT2D eigenvalue weighted by atomic mass is 32.1. The molecule has 5 nitrogen and oxygen atoms in total. The number of thiocarbonyl (C=S) groups is 1. The average molecular weight is 445 g/mol. The Balaban J connectivity index is 1.59. The number of nitrogens with one attached hydrogen (secondary N) is 1. The fourth-order valence-corrected chi connectivity index (χ4v) is 3.99. The topological polar surface area (TPSA) is 50.8 Å². The lowest BCUT2D eigenvalue weighted by molar-refractivity contribution is -0.113. The van der Waals surface area contributed by atoms with E-state index in [2.05, 4.69) is 5.32 Å². The van der Waals surface area contributed by atoms with E-state index < -0.39 is 0 Å². The zero-order valence-electron chi connectivity index (χ0n) is 18.2. The predicted octanol–water partition coefficient (Wildman–Crippen LogP) is 5.15. The highest BCUT2D eigenvalue weighted by Crippen LogP contribution is 2.28. The van der Waals surface area contributed by atoms with Crippen LogP contribution >= 0.6 is 12.2 Å². The Hall–Kier alpha value is -3.64. The maximum Gasteiger partial charge on any atom is 0.281 e. The minimum Gasteiger partial charge on any atom is -0.496 e. The molecule has 0 spiro atoms. The summed E-state index contributed by atoms with van der Waals surface area (Å²) in [5.74, 6) is 1.41. The number of aryl methyl sites for hydroxylation is 2. The second kappa shape index (κ2) is 9.24. The van der Waals surface area contributed by atoms with Crippen molar-refractivity contribution in [3.05, 3.63) is 94.7 Å². The molecule has 1 aliphatic heterocycles. The molecule has 4 rings (SSSR count). The van der Waals surface area contributed by atoms with Crippen LogP contribution in [0.25, 0.3) is 6.08 Å². The van der Waals surface area contributed by atoms with E-state index in [1.54, 1.807) is 13.2 Å². The quantitative estimate of drug-likeness (QED) is 0.421. The van der Waals surface area contributed by atoms with Gasteiger partial charge in [-0.25, -0.2) is 0 Å². The van der Waals surface area contributed by atoms with Crippen molar-refractivity contribution in [1.82, 2.24) is 5.32 Å². The number of ether oxygens (including phenoxy) is 2. The summed E-state index contributed by atoms with van der Waals surface area (Å²) in [6, 6.07) is 21.2. The van der Waals surface area contributed by atoms with E-state index in [0.717, 1.165) is 39.4 Å². The number of carbonyl (C=O) groups excluding carboxylic acids is 1. The van der Waals surface area contributed by atoms with Crippen LogP contribution in [0.4, 0.5) is 5.69 Å². The van der Waals surface area contributed by atoms with Gasteiger partial charge in [-0.1, -0.05) is 42.5 Å². The standard InChI is InChI=1S/C26H24N2O3S/c1-17-8-7-9-18(2)24(17)31-16-20-14-19(12-13-23(20)30-3)15-22-25(29)28(26(32)27-22)21-10-5-4-6-11-21/h4-15H,16H2,1-3H3,(H,27,32)/b22-15+. The molecule has 0 radical (unpaired) electrons. The zero-order chi connectivity index (χ0) is 22.7. The second-order valence-electron chi connectivity index (χ2n) is 7.55. The molecular formula is C26H24N2O3S. The van der Waals surface area contributed by atoms with Crippen molar-refractivity contribution in [1.29, 1.82) is 0 Å². The molecule has 0 aliphatic carbocycles. The largest absolute Gasteiger partial charge is 0.496 e. The van der Waals surface area contributed by atoms with Gasteiger partial charge in [-0.05, 0) is 73.1 Å². The van der Waals surface area contributed by atoms with Crippen LogP contribution in [0.3, 0.4) is 0 Å². The summed E-state index contributed by atoms with van der Waals surface area (Å²) in [6.45, 7) is 4.40. The third-order valence-electron chi connectivity index (χ3n) is 5.29. The first-order chi connectivity index (χ1) is 15.5. The van der Waals surface area contributed by atoms with Gasteiger partial charge in [0.15, 0.2) is 5.11 Å². The second-order valence-corrected chi connectivity index (χ2v) is 7.93. The van der Waals surface area contributed by atoms with Crippen molar-refractivity contribution in [2.75, 3.05) is 12.0 Å². The number of rotatable bonds is 6. The van der Waals surface area contributed by atoms with Gasteiger partial charge in [-0.2, -0.15) is 0 Å². The highest BCUT2D eigenvalue weighted by molar-refractivity contribution is 7.80. The third-order valence-corrected chi connectivity index (χ3v) is 5.57. The Labute approximate surface area is 193 Å². The van der Waals surface area contributed by atoms with Crippen molar-refractivity contribution >= 4 is 35.0 Å². The lowest BCUT2D eigenvalue weighted by Gasteiger charge is -2.14. The summed E-state index contributed by atoms with van der Waals surface area (Å²) in [4.78, 5) is 14.5. The molecule has 1 N–H and O–H groups in total. The van der Waals surface area contributed by atoms with E-state index in [0.29, 0.717) is 17.4 Å². The molecule has 3 aromatic carbocycles. The Morgan fingerprint density at radius 3 is 2.41 bits per heavy atom. The van der Waals surface area contributed by atoms with Gasteiger partial charge in [0.1, 0.15) is 23.8 Å². The first kappa shape index (κ1) is 21.6. The van der Waals surface area contributed by atoms with Crippen LogP contribution in [0.15, 0.2) is 72.4 Å². The molecule has 6 heteroatoms. The maximum atomic E-state index is 13.0. The van der Waals surface area contributed by atoms with E-state index in [1.807, 2.05) is 80.6 Å². The lowest BCUT2D eigenvalue weighted by Crippen LogP contribution is -2.30. The predicted molar refractivity (Wildman–Crippen MR) is 131 cm³/mol. The Kier molecular flexibility index (Phi) is 6.23. The summed E-state index contributed by atoms with van der Waals surface area (Å²) in [6.07, 6.45) is 1.79. The molecule has 0 atom stereocenters. The Morgan fingerprint density at radius 2 is 1.72 bits per heavy atom. The van der Waals surface area contributed by atoms with E-state index in [1.165, 1.54) is 4.90 Å². The summed E-state index contributed by atoms with van der Waals surface area (Å²) in [5, 5.41) is 3.39. The van der Waals surface area contributed by atoms with Gasteiger partial charge in [0.25, 0.3) is 5.91 Å². The van der Waals surface area contributed by atoms with Gasteiger partial charge in [0.2, 0.25) is 0 Å². The zero-order valence-corrected chi connectivity index (χ0v) is 19.0. The molecule has 0 bridgehead atoms. The van der Waals surface area contributed by atoms with Crippen molar-refractivity contribution in [2.45, 2.75) is 20.5 Å². The molecule has 0 aromatic heterocycles. The smallest absolute Gasteiger partial charge is 0.281 e. The molecule has 1 amide bonds. The van der Waals surface area contributed by atoms with Crippen molar-refractivity contribution in [3.8, 4) is 11.5 Å². The van der Waals surface area contributed by atoms with Crippen LogP contribution < -0.4 is 19.7 Å². The summed E-state index contributed by atoms with van der Waals surface area (Å²) >= 11 is 5.39. The number of benzene rings is 3. The molecule has 1 aliphatic rings. The van der Waals surface area contributed by atoms with E-state index >= 15 is 0 Å². The number of hydrogen-bond donors (Lipinski definition) is 1. The monoisotopic (exact) mass is 444 g/mol. The number of hydrogen-bond acceptors (Lipinski definition) is 4. The first-order valence-electron chi connectivity index (χ1n) is 10.3. The maximum absolute atomic E-state index is 13.0. The van der Waals surface area contributed by atoms with E-state index in [-0.39, 0.29) is 5.91 Å². The molecule has 0 saturated carbocycles. The number of methoxy groups -OCH3 is 1. The van der Waals surface area contributed by atoms with E-state index in [4.69, 9.17) is 21.7 Å².